The Hall–Kier alpha value is -2.39. The first-order valence-corrected chi connectivity index (χ1v) is 6.45. The molecule has 1 atom stereocenters. The van der Waals surface area contributed by atoms with Gasteiger partial charge in [-0.05, 0) is 34.0 Å². The zero-order valence-corrected chi connectivity index (χ0v) is 11.1. The van der Waals surface area contributed by atoms with Crippen molar-refractivity contribution in [1.82, 2.24) is 0 Å². The summed E-state index contributed by atoms with van der Waals surface area (Å²) in [6, 6.07) is 17.6. The van der Waals surface area contributed by atoms with Gasteiger partial charge in [-0.15, -0.1) is 0 Å². The van der Waals surface area contributed by atoms with Crippen LogP contribution in [-0.4, -0.2) is 11.1 Å². The minimum Gasteiger partial charge on any atom is -0.480 e. The molecule has 0 saturated heterocycles. The van der Waals surface area contributed by atoms with E-state index in [-0.39, 0.29) is 0 Å². The highest BCUT2D eigenvalue weighted by Crippen LogP contribution is 2.32. The van der Waals surface area contributed by atoms with E-state index < -0.39 is 11.5 Å². The van der Waals surface area contributed by atoms with Crippen molar-refractivity contribution in [1.29, 1.82) is 0 Å². The van der Waals surface area contributed by atoms with Gasteiger partial charge in [0.2, 0.25) is 0 Å². The van der Waals surface area contributed by atoms with Crippen molar-refractivity contribution in [2.45, 2.75) is 12.5 Å². The molecule has 0 saturated carbocycles. The smallest absolute Gasteiger partial charge is 0.328 e. The number of benzene rings is 3. The van der Waals surface area contributed by atoms with Crippen LogP contribution in [0.4, 0.5) is 0 Å². The summed E-state index contributed by atoms with van der Waals surface area (Å²) in [7, 11) is 0. The SMILES string of the molecule is C[C@](N)(C(=O)O)c1cccc2c1ccc1ccccc12. The number of carbonyl (C=O) groups is 1. The predicted molar refractivity (Wildman–Crippen MR) is 80.6 cm³/mol. The summed E-state index contributed by atoms with van der Waals surface area (Å²) in [5.41, 5.74) is 5.22. The number of rotatable bonds is 2. The second kappa shape index (κ2) is 4.32. The molecule has 0 bridgehead atoms. The number of carboxylic acid groups (broad SMARTS) is 1. The molecule has 3 rings (SSSR count). The highest BCUT2D eigenvalue weighted by atomic mass is 16.4. The highest BCUT2D eigenvalue weighted by molar-refractivity contribution is 6.09. The first-order valence-electron chi connectivity index (χ1n) is 6.45. The molecule has 0 unspecified atom stereocenters. The van der Waals surface area contributed by atoms with Gasteiger partial charge in [-0.1, -0.05) is 54.6 Å². The van der Waals surface area contributed by atoms with Crippen LogP contribution in [0, 0.1) is 0 Å². The van der Waals surface area contributed by atoms with Crippen molar-refractivity contribution in [2.24, 2.45) is 5.73 Å². The van der Waals surface area contributed by atoms with Crippen molar-refractivity contribution >= 4 is 27.5 Å². The maximum absolute atomic E-state index is 11.4. The van der Waals surface area contributed by atoms with Gasteiger partial charge < -0.3 is 10.8 Å². The monoisotopic (exact) mass is 265 g/mol. The van der Waals surface area contributed by atoms with Gasteiger partial charge in [0.25, 0.3) is 0 Å². The largest absolute Gasteiger partial charge is 0.480 e. The van der Waals surface area contributed by atoms with Crippen LogP contribution in [-0.2, 0) is 10.3 Å². The maximum atomic E-state index is 11.4. The third kappa shape index (κ3) is 1.75. The Balaban J connectivity index is 2.42. The molecule has 3 heteroatoms. The molecule has 3 N–H and O–H groups in total. The lowest BCUT2D eigenvalue weighted by Gasteiger charge is -2.22. The van der Waals surface area contributed by atoms with Crippen molar-refractivity contribution < 1.29 is 9.90 Å². The number of carboxylic acids is 1. The molecule has 3 aromatic rings. The zero-order valence-electron chi connectivity index (χ0n) is 11.1. The number of hydrogen-bond acceptors (Lipinski definition) is 2. The number of fused-ring (bicyclic) bond motifs is 3. The minimum absolute atomic E-state index is 0.633. The molecular weight excluding hydrogens is 250 g/mol. The Labute approximate surface area is 116 Å². The van der Waals surface area contributed by atoms with Crippen LogP contribution in [0.15, 0.2) is 54.6 Å². The molecule has 100 valence electrons. The number of hydrogen-bond donors (Lipinski definition) is 2. The predicted octanol–water partition coefficient (Wildman–Crippen LogP) is 3.25. The van der Waals surface area contributed by atoms with Gasteiger partial charge in [-0.25, -0.2) is 4.79 Å². The second-order valence-electron chi connectivity index (χ2n) is 5.19. The Morgan fingerprint density at radius 2 is 1.65 bits per heavy atom. The summed E-state index contributed by atoms with van der Waals surface area (Å²) in [4.78, 5) is 11.4. The molecule has 0 aliphatic heterocycles. The lowest BCUT2D eigenvalue weighted by molar-refractivity contribution is -0.142. The fraction of sp³-hybridized carbons (Fsp3) is 0.118. The van der Waals surface area contributed by atoms with Crippen molar-refractivity contribution in [3.8, 4) is 0 Å². The van der Waals surface area contributed by atoms with Gasteiger partial charge in [-0.2, -0.15) is 0 Å². The molecule has 0 aliphatic rings. The summed E-state index contributed by atoms with van der Waals surface area (Å²) < 4.78 is 0. The van der Waals surface area contributed by atoms with Gasteiger partial charge in [-0.3, -0.25) is 0 Å². The van der Waals surface area contributed by atoms with E-state index in [2.05, 4.69) is 0 Å². The van der Waals surface area contributed by atoms with E-state index in [1.54, 1.807) is 6.07 Å². The van der Waals surface area contributed by atoms with Gasteiger partial charge >= 0.3 is 5.97 Å². The van der Waals surface area contributed by atoms with Crippen LogP contribution in [0.2, 0.25) is 0 Å². The average Bonchev–Trinajstić information content (AvgIpc) is 2.46. The first-order chi connectivity index (χ1) is 9.51. The molecule has 3 aromatic carbocycles. The minimum atomic E-state index is -1.40. The van der Waals surface area contributed by atoms with Crippen molar-refractivity contribution in [3.63, 3.8) is 0 Å². The van der Waals surface area contributed by atoms with E-state index in [1.807, 2.05) is 48.5 Å². The molecule has 0 fully saturated rings. The number of nitrogens with two attached hydrogens (primary N) is 1. The molecule has 0 amide bonds. The van der Waals surface area contributed by atoms with E-state index >= 15 is 0 Å². The molecule has 0 spiro atoms. The molecule has 0 radical (unpaired) electrons. The van der Waals surface area contributed by atoms with Gasteiger partial charge in [0, 0.05) is 0 Å². The van der Waals surface area contributed by atoms with Gasteiger partial charge in [0.05, 0.1) is 0 Å². The Morgan fingerprint density at radius 3 is 2.40 bits per heavy atom. The highest BCUT2D eigenvalue weighted by Gasteiger charge is 2.31. The van der Waals surface area contributed by atoms with Crippen LogP contribution < -0.4 is 5.73 Å². The van der Waals surface area contributed by atoms with E-state index in [1.165, 1.54) is 6.92 Å². The molecule has 20 heavy (non-hydrogen) atoms. The van der Waals surface area contributed by atoms with Crippen LogP contribution in [0.3, 0.4) is 0 Å². The summed E-state index contributed by atoms with van der Waals surface area (Å²) in [5, 5.41) is 13.5. The van der Waals surface area contributed by atoms with Crippen LogP contribution in [0.1, 0.15) is 12.5 Å². The standard InChI is InChI=1S/C17H15NO2/c1-17(18,16(19)20)15-8-4-7-13-12-6-3-2-5-11(12)9-10-14(13)15/h2-10H,18H2,1H3,(H,19,20)/t17-/m1/s1. The maximum Gasteiger partial charge on any atom is 0.328 e. The van der Waals surface area contributed by atoms with E-state index in [0.29, 0.717) is 5.56 Å². The zero-order chi connectivity index (χ0) is 14.3. The Kier molecular flexibility index (Phi) is 2.73. The van der Waals surface area contributed by atoms with Gasteiger partial charge in [0.1, 0.15) is 5.54 Å². The van der Waals surface area contributed by atoms with Crippen LogP contribution >= 0.6 is 0 Å². The third-order valence-corrected chi connectivity index (χ3v) is 3.79. The summed E-state index contributed by atoms with van der Waals surface area (Å²) in [5.74, 6) is -1.03. The fourth-order valence-electron chi connectivity index (χ4n) is 2.61. The van der Waals surface area contributed by atoms with Crippen molar-refractivity contribution in [3.05, 3.63) is 60.2 Å². The van der Waals surface area contributed by atoms with Crippen molar-refractivity contribution in [2.75, 3.05) is 0 Å². The molecular formula is C17H15NO2. The van der Waals surface area contributed by atoms with Crippen LogP contribution in [0.25, 0.3) is 21.5 Å². The topological polar surface area (TPSA) is 63.3 Å². The number of aliphatic carboxylic acids is 1. The van der Waals surface area contributed by atoms with E-state index in [4.69, 9.17) is 5.73 Å². The first kappa shape index (κ1) is 12.6. The van der Waals surface area contributed by atoms with Crippen LogP contribution in [0.5, 0.6) is 0 Å². The Morgan fingerprint density at radius 1 is 0.950 bits per heavy atom. The average molecular weight is 265 g/mol. The molecule has 0 heterocycles. The normalized spacial score (nSPS) is 14.3. The van der Waals surface area contributed by atoms with E-state index in [9.17, 15) is 9.90 Å². The Bertz CT molecular complexity index is 821. The quantitative estimate of drug-likeness (QED) is 0.699. The molecule has 0 aliphatic carbocycles. The van der Waals surface area contributed by atoms with E-state index in [0.717, 1.165) is 21.5 Å². The lowest BCUT2D eigenvalue weighted by Crippen LogP contribution is -2.41. The summed E-state index contributed by atoms with van der Waals surface area (Å²) in [6.45, 7) is 1.53. The molecule has 0 aromatic heterocycles. The molecule has 3 nitrogen and oxygen atoms in total. The summed E-state index contributed by atoms with van der Waals surface area (Å²) >= 11 is 0. The summed E-state index contributed by atoms with van der Waals surface area (Å²) in [6.07, 6.45) is 0. The third-order valence-electron chi connectivity index (χ3n) is 3.79. The van der Waals surface area contributed by atoms with Gasteiger partial charge in [0.15, 0.2) is 0 Å². The second-order valence-corrected chi connectivity index (χ2v) is 5.19. The lowest BCUT2D eigenvalue weighted by atomic mass is 9.87. The fourth-order valence-corrected chi connectivity index (χ4v) is 2.61.